The highest BCUT2D eigenvalue weighted by molar-refractivity contribution is 5.71. The highest BCUT2D eigenvalue weighted by Gasteiger charge is 2.42. The minimum absolute atomic E-state index is 0.102. The van der Waals surface area contributed by atoms with Gasteiger partial charge in [0.1, 0.15) is 0 Å². The van der Waals surface area contributed by atoms with Crippen molar-refractivity contribution in [1.82, 2.24) is 4.90 Å². The normalized spacial score (nSPS) is 36.1. The summed E-state index contributed by atoms with van der Waals surface area (Å²) in [4.78, 5) is 13.1. The molecule has 0 aromatic heterocycles. The molecule has 1 N–H and O–H groups in total. The van der Waals surface area contributed by atoms with Crippen molar-refractivity contribution in [1.29, 1.82) is 0 Å². The second kappa shape index (κ2) is 3.29. The van der Waals surface area contributed by atoms with Crippen molar-refractivity contribution >= 4 is 5.97 Å². The fraction of sp³-hybridized carbons (Fsp3) is 0.900. The SMILES string of the molecule is CN1CC(C(=O)O)C(C2CCC2)C1. The Balaban J connectivity index is 2.02. The van der Waals surface area contributed by atoms with Crippen LogP contribution in [0.15, 0.2) is 0 Å². The summed E-state index contributed by atoms with van der Waals surface area (Å²) in [6.07, 6.45) is 3.81. The summed E-state index contributed by atoms with van der Waals surface area (Å²) in [6.45, 7) is 1.73. The lowest BCUT2D eigenvalue weighted by atomic mass is 9.72. The molecule has 1 heterocycles. The van der Waals surface area contributed by atoms with Crippen LogP contribution in [0.2, 0.25) is 0 Å². The number of likely N-dealkylation sites (tertiary alicyclic amines) is 1. The van der Waals surface area contributed by atoms with Gasteiger partial charge in [-0.2, -0.15) is 0 Å². The van der Waals surface area contributed by atoms with Crippen molar-refractivity contribution in [2.24, 2.45) is 17.8 Å². The summed E-state index contributed by atoms with van der Waals surface area (Å²) in [5.41, 5.74) is 0. The molecule has 3 heteroatoms. The molecule has 0 amide bonds. The highest BCUT2D eigenvalue weighted by atomic mass is 16.4. The van der Waals surface area contributed by atoms with Crippen LogP contribution >= 0.6 is 0 Å². The third-order valence-corrected chi connectivity index (χ3v) is 3.62. The Morgan fingerprint density at radius 1 is 1.38 bits per heavy atom. The largest absolute Gasteiger partial charge is 0.481 e. The zero-order chi connectivity index (χ0) is 9.42. The summed E-state index contributed by atoms with van der Waals surface area (Å²) in [5.74, 6) is 0.429. The molecule has 74 valence electrons. The maximum Gasteiger partial charge on any atom is 0.308 e. The molecule has 13 heavy (non-hydrogen) atoms. The topological polar surface area (TPSA) is 40.5 Å². The molecule has 2 unspecified atom stereocenters. The molecule has 2 atom stereocenters. The maximum absolute atomic E-state index is 11.0. The molecule has 0 radical (unpaired) electrons. The Kier molecular flexibility index (Phi) is 2.28. The number of carboxylic acid groups (broad SMARTS) is 1. The van der Waals surface area contributed by atoms with Crippen molar-refractivity contribution in [3.63, 3.8) is 0 Å². The molecule has 2 fully saturated rings. The van der Waals surface area contributed by atoms with E-state index in [1.54, 1.807) is 0 Å². The lowest BCUT2D eigenvalue weighted by Gasteiger charge is -2.33. The predicted octanol–water partition coefficient (Wildman–Crippen LogP) is 1.05. The number of rotatable bonds is 2. The van der Waals surface area contributed by atoms with Gasteiger partial charge in [0.2, 0.25) is 0 Å². The number of carboxylic acids is 1. The Morgan fingerprint density at radius 3 is 2.54 bits per heavy atom. The third kappa shape index (κ3) is 1.57. The number of carbonyl (C=O) groups is 1. The fourth-order valence-corrected chi connectivity index (χ4v) is 2.64. The van der Waals surface area contributed by atoms with Gasteiger partial charge < -0.3 is 10.0 Å². The Hall–Kier alpha value is -0.570. The van der Waals surface area contributed by atoms with E-state index >= 15 is 0 Å². The third-order valence-electron chi connectivity index (χ3n) is 3.62. The van der Waals surface area contributed by atoms with E-state index in [2.05, 4.69) is 4.90 Å². The molecule has 1 aliphatic heterocycles. The van der Waals surface area contributed by atoms with E-state index in [1.165, 1.54) is 19.3 Å². The molecular formula is C10H17NO2. The summed E-state index contributed by atoms with van der Waals surface area (Å²) in [5, 5.41) is 9.04. The monoisotopic (exact) mass is 183 g/mol. The fourth-order valence-electron chi connectivity index (χ4n) is 2.64. The van der Waals surface area contributed by atoms with Crippen LogP contribution < -0.4 is 0 Å². The second-order valence-corrected chi connectivity index (χ2v) is 4.52. The van der Waals surface area contributed by atoms with Crippen molar-refractivity contribution < 1.29 is 9.90 Å². The van der Waals surface area contributed by atoms with Gasteiger partial charge in [0, 0.05) is 13.1 Å². The summed E-state index contributed by atoms with van der Waals surface area (Å²) in [7, 11) is 2.02. The molecule has 0 aromatic rings. The van der Waals surface area contributed by atoms with Gasteiger partial charge in [-0.15, -0.1) is 0 Å². The van der Waals surface area contributed by atoms with Gasteiger partial charge in [-0.1, -0.05) is 19.3 Å². The van der Waals surface area contributed by atoms with Crippen molar-refractivity contribution in [2.75, 3.05) is 20.1 Å². The van der Waals surface area contributed by atoms with Crippen molar-refractivity contribution in [3.8, 4) is 0 Å². The summed E-state index contributed by atoms with van der Waals surface area (Å²) in [6, 6.07) is 0. The Bertz CT molecular complexity index is 213. The molecule has 1 saturated heterocycles. The standard InChI is InChI=1S/C10H17NO2/c1-11-5-8(7-3-2-4-7)9(6-11)10(12)13/h7-9H,2-6H2,1H3,(H,12,13). The number of nitrogens with zero attached hydrogens (tertiary/aromatic N) is 1. The average molecular weight is 183 g/mol. The van der Waals surface area contributed by atoms with Crippen molar-refractivity contribution in [3.05, 3.63) is 0 Å². The van der Waals surface area contributed by atoms with Gasteiger partial charge in [-0.3, -0.25) is 4.79 Å². The summed E-state index contributed by atoms with van der Waals surface area (Å²) >= 11 is 0. The first kappa shape index (κ1) is 9.00. The first-order chi connectivity index (χ1) is 6.18. The number of hydrogen-bond donors (Lipinski definition) is 1. The van der Waals surface area contributed by atoms with Crippen LogP contribution in [0.4, 0.5) is 0 Å². The van der Waals surface area contributed by atoms with E-state index in [0.29, 0.717) is 11.8 Å². The molecule has 2 aliphatic rings. The van der Waals surface area contributed by atoms with Gasteiger partial charge in [-0.05, 0) is 18.9 Å². The minimum Gasteiger partial charge on any atom is -0.481 e. The van der Waals surface area contributed by atoms with Gasteiger partial charge in [0.25, 0.3) is 0 Å². The van der Waals surface area contributed by atoms with Crippen LogP contribution in [-0.2, 0) is 4.79 Å². The first-order valence-electron chi connectivity index (χ1n) is 5.10. The molecule has 0 spiro atoms. The molecule has 1 saturated carbocycles. The zero-order valence-electron chi connectivity index (χ0n) is 8.07. The van der Waals surface area contributed by atoms with Crippen molar-refractivity contribution in [2.45, 2.75) is 19.3 Å². The number of hydrogen-bond acceptors (Lipinski definition) is 2. The smallest absolute Gasteiger partial charge is 0.308 e. The van der Waals surface area contributed by atoms with Crippen LogP contribution in [0, 0.1) is 17.8 Å². The maximum atomic E-state index is 11.0. The van der Waals surface area contributed by atoms with Gasteiger partial charge in [-0.25, -0.2) is 0 Å². The summed E-state index contributed by atoms with van der Waals surface area (Å²) < 4.78 is 0. The van der Waals surface area contributed by atoms with Crippen LogP contribution in [0.3, 0.4) is 0 Å². The molecule has 2 rings (SSSR count). The van der Waals surface area contributed by atoms with Crippen LogP contribution in [0.1, 0.15) is 19.3 Å². The van der Waals surface area contributed by atoms with E-state index in [0.717, 1.165) is 13.1 Å². The lowest BCUT2D eigenvalue weighted by molar-refractivity contribution is -0.143. The van der Waals surface area contributed by atoms with Crippen LogP contribution in [0.25, 0.3) is 0 Å². The van der Waals surface area contributed by atoms with E-state index in [1.807, 2.05) is 7.05 Å². The Morgan fingerprint density at radius 2 is 2.08 bits per heavy atom. The van der Waals surface area contributed by atoms with E-state index in [4.69, 9.17) is 5.11 Å². The van der Waals surface area contributed by atoms with E-state index in [9.17, 15) is 4.79 Å². The van der Waals surface area contributed by atoms with Gasteiger partial charge >= 0.3 is 5.97 Å². The van der Waals surface area contributed by atoms with Gasteiger partial charge in [0.05, 0.1) is 5.92 Å². The molecule has 0 aromatic carbocycles. The lowest BCUT2D eigenvalue weighted by Crippen LogP contribution is -2.31. The Labute approximate surface area is 78.7 Å². The zero-order valence-corrected chi connectivity index (χ0v) is 8.07. The highest BCUT2D eigenvalue weighted by Crippen LogP contribution is 2.40. The van der Waals surface area contributed by atoms with E-state index in [-0.39, 0.29) is 5.92 Å². The predicted molar refractivity (Wildman–Crippen MR) is 49.5 cm³/mol. The molecule has 3 nitrogen and oxygen atoms in total. The average Bonchev–Trinajstić information content (AvgIpc) is 2.27. The molecular weight excluding hydrogens is 166 g/mol. The van der Waals surface area contributed by atoms with Gasteiger partial charge in [0.15, 0.2) is 0 Å². The van der Waals surface area contributed by atoms with E-state index < -0.39 is 5.97 Å². The van der Waals surface area contributed by atoms with Crippen LogP contribution in [0.5, 0.6) is 0 Å². The molecule has 1 aliphatic carbocycles. The first-order valence-corrected chi connectivity index (χ1v) is 5.10. The second-order valence-electron chi connectivity index (χ2n) is 4.52. The molecule has 0 bridgehead atoms. The quantitative estimate of drug-likeness (QED) is 0.695. The number of aliphatic carboxylic acids is 1. The minimum atomic E-state index is -0.596. The van der Waals surface area contributed by atoms with Crippen LogP contribution in [-0.4, -0.2) is 36.1 Å².